The predicted molar refractivity (Wildman–Crippen MR) is 95.0 cm³/mol. The monoisotopic (exact) mass is 364 g/mol. The molecule has 7 nitrogen and oxygen atoms in total. The summed E-state index contributed by atoms with van der Waals surface area (Å²) >= 11 is 1.00. The highest BCUT2D eigenvalue weighted by molar-refractivity contribution is 8.03. The third-order valence-electron chi connectivity index (χ3n) is 2.81. The summed E-state index contributed by atoms with van der Waals surface area (Å²) in [6.07, 6.45) is 0. The van der Waals surface area contributed by atoms with E-state index < -0.39 is 11.9 Å². The largest absolute Gasteiger partial charge is 0.497 e. The number of hydrogen-bond acceptors (Lipinski definition) is 8. The fraction of sp³-hybridized carbons (Fsp3) is 0.353. The molecule has 25 heavy (non-hydrogen) atoms. The van der Waals surface area contributed by atoms with Crippen molar-refractivity contribution in [3.63, 3.8) is 0 Å². The Labute approximate surface area is 150 Å². The molecule has 0 saturated heterocycles. The van der Waals surface area contributed by atoms with Crippen LogP contribution in [0, 0.1) is 11.3 Å². The molecule has 0 aliphatic heterocycles. The number of nitrogens with one attached hydrogen (secondary N) is 1. The Balaban J connectivity index is 3.05. The summed E-state index contributed by atoms with van der Waals surface area (Å²) in [5, 5.41) is 12.5. The number of rotatable bonds is 9. The van der Waals surface area contributed by atoms with E-state index in [2.05, 4.69) is 5.32 Å². The van der Waals surface area contributed by atoms with Gasteiger partial charge in [0.05, 0.1) is 31.1 Å². The van der Waals surface area contributed by atoms with Crippen LogP contribution < -0.4 is 10.1 Å². The Hall–Kier alpha value is -2.66. The molecule has 0 unspecified atom stereocenters. The van der Waals surface area contributed by atoms with E-state index in [0.29, 0.717) is 11.4 Å². The van der Waals surface area contributed by atoms with Crippen LogP contribution in [0.25, 0.3) is 0 Å². The van der Waals surface area contributed by atoms with Gasteiger partial charge in [0.25, 0.3) is 0 Å². The molecule has 0 atom stereocenters. The molecule has 1 rings (SSSR count). The van der Waals surface area contributed by atoms with E-state index in [1.165, 1.54) is 0 Å². The topological polar surface area (TPSA) is 97.6 Å². The van der Waals surface area contributed by atoms with Crippen molar-refractivity contribution in [1.29, 1.82) is 5.26 Å². The minimum Gasteiger partial charge on any atom is -0.497 e. The number of esters is 2. The number of anilines is 1. The lowest BCUT2D eigenvalue weighted by Crippen LogP contribution is -2.14. The van der Waals surface area contributed by atoms with E-state index in [1.54, 1.807) is 45.2 Å². The van der Waals surface area contributed by atoms with Gasteiger partial charge in [0.15, 0.2) is 5.57 Å². The van der Waals surface area contributed by atoms with Gasteiger partial charge in [-0.1, -0.05) is 11.8 Å². The number of thioether (sulfide) groups is 1. The molecule has 0 amide bonds. The zero-order chi connectivity index (χ0) is 18.7. The Morgan fingerprint density at radius 2 is 1.80 bits per heavy atom. The maximum Gasteiger partial charge on any atom is 0.351 e. The molecular weight excluding hydrogens is 344 g/mol. The van der Waals surface area contributed by atoms with E-state index in [1.807, 2.05) is 6.07 Å². The summed E-state index contributed by atoms with van der Waals surface area (Å²) < 4.78 is 14.9. The number of hydrogen-bond donors (Lipinski definition) is 1. The van der Waals surface area contributed by atoms with E-state index in [-0.39, 0.29) is 29.6 Å². The number of nitriles is 1. The van der Waals surface area contributed by atoms with Crippen LogP contribution in [0.5, 0.6) is 5.75 Å². The summed E-state index contributed by atoms with van der Waals surface area (Å²) in [4.78, 5) is 23.6. The van der Waals surface area contributed by atoms with Crippen molar-refractivity contribution in [2.75, 3.05) is 31.4 Å². The molecule has 0 radical (unpaired) electrons. The first-order valence-corrected chi connectivity index (χ1v) is 8.55. The van der Waals surface area contributed by atoms with Crippen LogP contribution in [0.3, 0.4) is 0 Å². The van der Waals surface area contributed by atoms with Crippen LogP contribution in [-0.2, 0) is 19.1 Å². The summed E-state index contributed by atoms with van der Waals surface area (Å²) in [6, 6.07) is 8.74. The number of benzene rings is 1. The van der Waals surface area contributed by atoms with Crippen molar-refractivity contribution in [1.82, 2.24) is 0 Å². The van der Waals surface area contributed by atoms with Gasteiger partial charge >= 0.3 is 11.9 Å². The molecule has 134 valence electrons. The molecule has 8 heteroatoms. The maximum absolute atomic E-state index is 12.0. The van der Waals surface area contributed by atoms with Gasteiger partial charge in [0, 0.05) is 5.69 Å². The van der Waals surface area contributed by atoms with Gasteiger partial charge in [0.1, 0.15) is 11.8 Å². The summed E-state index contributed by atoms with van der Waals surface area (Å²) in [5.41, 5.74) is 0.427. The molecule has 0 aliphatic rings. The second-order valence-electron chi connectivity index (χ2n) is 4.48. The Bertz CT molecular complexity index is 665. The number of carbonyl (C=O) groups excluding carboxylic acids is 2. The second kappa shape index (κ2) is 11.0. The molecule has 0 spiro atoms. The Kier molecular flexibility index (Phi) is 8.96. The first-order chi connectivity index (χ1) is 12.0. The van der Waals surface area contributed by atoms with Gasteiger partial charge in [-0.25, -0.2) is 4.79 Å². The summed E-state index contributed by atoms with van der Waals surface area (Å²) in [5.74, 6) is -0.571. The lowest BCUT2D eigenvalue weighted by Gasteiger charge is -2.13. The highest BCUT2D eigenvalue weighted by Gasteiger charge is 2.19. The average Bonchev–Trinajstić information content (AvgIpc) is 2.61. The van der Waals surface area contributed by atoms with Crippen LogP contribution in [0.2, 0.25) is 0 Å². The zero-order valence-electron chi connectivity index (χ0n) is 14.3. The van der Waals surface area contributed by atoms with Gasteiger partial charge in [-0.15, -0.1) is 0 Å². The number of methoxy groups -OCH3 is 1. The van der Waals surface area contributed by atoms with Crippen molar-refractivity contribution in [2.24, 2.45) is 0 Å². The van der Waals surface area contributed by atoms with Crippen molar-refractivity contribution in [3.05, 3.63) is 34.9 Å². The van der Waals surface area contributed by atoms with Crippen LogP contribution in [0.4, 0.5) is 5.69 Å². The number of carbonyl (C=O) groups is 2. The van der Waals surface area contributed by atoms with Crippen molar-refractivity contribution >= 4 is 29.4 Å². The highest BCUT2D eigenvalue weighted by Crippen LogP contribution is 2.25. The standard InChI is InChI=1S/C17H20N2O5S/c1-4-23-15(20)11-25-16(14(10-18)17(21)24-5-2)19-12-6-8-13(22-3)9-7-12/h6-9,19H,4-5,11H2,1-3H3. The highest BCUT2D eigenvalue weighted by atomic mass is 32.2. The first kappa shape index (κ1) is 20.4. The maximum atomic E-state index is 12.0. The quantitative estimate of drug-likeness (QED) is 0.406. The fourth-order valence-corrected chi connectivity index (χ4v) is 2.51. The van der Waals surface area contributed by atoms with Crippen LogP contribution in [0.15, 0.2) is 34.9 Å². The van der Waals surface area contributed by atoms with Crippen molar-refractivity contribution in [2.45, 2.75) is 13.8 Å². The third kappa shape index (κ3) is 6.77. The minimum atomic E-state index is -0.752. The molecule has 0 bridgehead atoms. The fourth-order valence-electron chi connectivity index (χ4n) is 1.70. The van der Waals surface area contributed by atoms with Crippen LogP contribution in [0.1, 0.15) is 13.8 Å². The molecular formula is C17H20N2O5S. The van der Waals surface area contributed by atoms with Gasteiger partial charge in [-0.2, -0.15) is 5.26 Å². The summed E-state index contributed by atoms with van der Waals surface area (Å²) in [7, 11) is 1.55. The SMILES string of the molecule is CCOC(=O)CSC(Nc1ccc(OC)cc1)=C(C#N)C(=O)OCC. The first-order valence-electron chi connectivity index (χ1n) is 7.56. The van der Waals surface area contributed by atoms with Gasteiger partial charge in [-0.05, 0) is 38.1 Å². The predicted octanol–water partition coefficient (Wildman–Crippen LogP) is 2.70. The van der Waals surface area contributed by atoms with E-state index >= 15 is 0 Å². The number of nitrogens with zero attached hydrogens (tertiary/aromatic N) is 1. The smallest absolute Gasteiger partial charge is 0.351 e. The molecule has 1 N–H and O–H groups in total. The van der Waals surface area contributed by atoms with Crippen molar-refractivity contribution in [3.8, 4) is 11.8 Å². The molecule has 0 fully saturated rings. The Morgan fingerprint density at radius 3 is 2.32 bits per heavy atom. The second-order valence-corrected chi connectivity index (χ2v) is 5.47. The average molecular weight is 364 g/mol. The van der Waals surface area contributed by atoms with E-state index in [9.17, 15) is 14.9 Å². The summed E-state index contributed by atoms with van der Waals surface area (Å²) in [6.45, 7) is 3.75. The van der Waals surface area contributed by atoms with E-state index in [4.69, 9.17) is 14.2 Å². The lowest BCUT2D eigenvalue weighted by atomic mass is 10.3. The van der Waals surface area contributed by atoms with Crippen LogP contribution in [-0.4, -0.2) is 38.0 Å². The van der Waals surface area contributed by atoms with E-state index in [0.717, 1.165) is 11.8 Å². The normalized spacial score (nSPS) is 11.0. The molecule has 0 aromatic heterocycles. The van der Waals surface area contributed by atoms with Crippen molar-refractivity contribution < 1.29 is 23.8 Å². The molecule has 1 aromatic carbocycles. The molecule has 0 aliphatic carbocycles. The molecule has 0 heterocycles. The minimum absolute atomic E-state index is 0.0447. The van der Waals surface area contributed by atoms with Crippen LogP contribution >= 0.6 is 11.8 Å². The Morgan fingerprint density at radius 1 is 1.16 bits per heavy atom. The van der Waals surface area contributed by atoms with Gasteiger partial charge < -0.3 is 19.5 Å². The third-order valence-corrected chi connectivity index (χ3v) is 3.78. The molecule has 0 saturated carbocycles. The van der Waals surface area contributed by atoms with Gasteiger partial charge in [-0.3, -0.25) is 4.79 Å². The molecule has 1 aromatic rings. The zero-order valence-corrected chi connectivity index (χ0v) is 15.1. The lowest BCUT2D eigenvalue weighted by molar-refractivity contribution is -0.140. The van der Waals surface area contributed by atoms with Gasteiger partial charge in [0.2, 0.25) is 0 Å². The number of ether oxygens (including phenoxy) is 3.